The molecule has 2 N–H and O–H groups in total. The summed E-state index contributed by atoms with van der Waals surface area (Å²) < 4.78 is 12.8. The molecule has 2 saturated carbocycles. The second-order valence-corrected chi connectivity index (χ2v) is 14.8. The van der Waals surface area contributed by atoms with Crippen LogP contribution in [-0.2, 0) is 9.53 Å². The molecule has 2 aliphatic heterocycles. The average molecular weight is 532 g/mol. The first kappa shape index (κ1) is 16.3. The molecule has 2 bridgehead atoms. The Hall–Kier alpha value is 0.850. The number of esters is 1. The molecule has 0 aromatic carbocycles. The molecule has 4 fully saturated rings. The predicted molar refractivity (Wildman–Crippen MR) is 104 cm³/mol. The Morgan fingerprint density at radius 2 is 2.00 bits per heavy atom. The summed E-state index contributed by atoms with van der Waals surface area (Å²) in [6.45, 7) is 11.4. The van der Waals surface area contributed by atoms with Gasteiger partial charge in [-0.1, -0.05) is 0 Å². The Labute approximate surface area is 154 Å². The fourth-order valence-electron chi connectivity index (χ4n) is 5.15. The van der Waals surface area contributed by atoms with Crippen molar-refractivity contribution in [1.29, 1.82) is 0 Å². The van der Waals surface area contributed by atoms with E-state index in [0.29, 0.717) is 5.92 Å². The van der Waals surface area contributed by atoms with Crippen LogP contribution in [0.2, 0.25) is 0 Å². The Balaban J connectivity index is 1.62. The molecule has 4 rings (SSSR count). The van der Waals surface area contributed by atoms with E-state index in [2.05, 4.69) is 57.3 Å². The third kappa shape index (κ3) is 1.64. The van der Waals surface area contributed by atoms with Crippen molar-refractivity contribution < 1.29 is 9.53 Å². The number of halogens is 2. The monoisotopic (exact) mass is 532 g/mol. The summed E-state index contributed by atoms with van der Waals surface area (Å²) in [5, 5.41) is 0. The standard InChI is InChI=1S/C16H26I2N2O2/c1-6-15(9-10-7-8-13(15,4)12(10,2)3)22-11(21)14(5,17)16-18(19-16)20-16/h10,19-20H,6-9H2,1-5H3. The predicted octanol–water partition coefficient (Wildman–Crippen LogP) is 3.91. The van der Waals surface area contributed by atoms with Crippen LogP contribution in [0.3, 0.4) is 0 Å². The van der Waals surface area contributed by atoms with E-state index in [0.717, 1.165) is 12.8 Å². The molecule has 126 valence electrons. The van der Waals surface area contributed by atoms with E-state index >= 15 is 0 Å². The van der Waals surface area contributed by atoms with Crippen molar-refractivity contribution in [3.8, 4) is 0 Å². The van der Waals surface area contributed by atoms with Crippen LogP contribution in [0.4, 0.5) is 0 Å². The number of hydrogen-bond acceptors (Lipinski definition) is 4. The summed E-state index contributed by atoms with van der Waals surface area (Å²) in [7, 11) is 0. The summed E-state index contributed by atoms with van der Waals surface area (Å²) in [5.74, 6) is 0.669. The van der Waals surface area contributed by atoms with E-state index in [1.165, 1.54) is 12.8 Å². The van der Waals surface area contributed by atoms with E-state index in [9.17, 15) is 4.79 Å². The molecule has 4 unspecified atom stereocenters. The molecular weight excluding hydrogens is 506 g/mol. The van der Waals surface area contributed by atoms with Crippen molar-refractivity contribution in [2.45, 2.75) is 73.0 Å². The minimum atomic E-state index is -1.15. The number of hydrogen-bond donors (Lipinski definition) is 2. The van der Waals surface area contributed by atoms with E-state index in [-0.39, 0.29) is 26.1 Å². The first-order valence-corrected chi connectivity index (χ1v) is 12.6. The fourth-order valence-corrected chi connectivity index (χ4v) is 12.9. The summed E-state index contributed by atoms with van der Waals surface area (Å²) >= 11 is 1.16. The molecule has 4 nitrogen and oxygen atoms in total. The molecule has 2 saturated heterocycles. The van der Waals surface area contributed by atoms with Gasteiger partial charge in [0, 0.05) is 0 Å². The number of ether oxygens (including phenoxy) is 1. The van der Waals surface area contributed by atoms with Crippen LogP contribution in [0, 0.1) is 16.7 Å². The molecule has 4 atom stereocenters. The molecule has 0 amide bonds. The van der Waals surface area contributed by atoms with Crippen molar-refractivity contribution in [3.05, 3.63) is 0 Å². The van der Waals surface area contributed by atoms with Gasteiger partial charge in [-0.3, -0.25) is 0 Å². The third-order valence-electron chi connectivity index (χ3n) is 7.57. The zero-order valence-corrected chi connectivity index (χ0v) is 18.3. The van der Waals surface area contributed by atoms with Crippen molar-refractivity contribution in [2.75, 3.05) is 0 Å². The van der Waals surface area contributed by atoms with E-state index < -0.39 is 23.8 Å². The Bertz CT molecular complexity index is 558. The Morgan fingerprint density at radius 3 is 2.36 bits per heavy atom. The summed E-state index contributed by atoms with van der Waals surface area (Å²) in [6.07, 6.45) is 4.44. The molecule has 22 heavy (non-hydrogen) atoms. The van der Waals surface area contributed by atoms with Crippen LogP contribution in [0.15, 0.2) is 0 Å². The maximum absolute atomic E-state index is 13.0. The van der Waals surface area contributed by atoms with Gasteiger partial charge in [0.2, 0.25) is 0 Å². The van der Waals surface area contributed by atoms with Crippen LogP contribution in [-0.4, -0.2) is 18.7 Å². The summed E-state index contributed by atoms with van der Waals surface area (Å²) in [4.78, 5) is 13.0. The molecule has 2 aliphatic carbocycles. The first-order valence-electron chi connectivity index (χ1n) is 8.24. The molecule has 4 aliphatic rings. The van der Waals surface area contributed by atoms with Gasteiger partial charge in [-0.25, -0.2) is 0 Å². The number of carbonyl (C=O) groups excluding carboxylic acids is 1. The molecular formula is C16H26I2N2O2. The normalized spacial score (nSPS) is 46.8. The van der Waals surface area contributed by atoms with Crippen LogP contribution in [0.5, 0.6) is 0 Å². The number of rotatable bonds is 4. The van der Waals surface area contributed by atoms with Gasteiger partial charge >= 0.3 is 155 Å². The molecule has 2 heterocycles. The number of alkyl halides is 2. The van der Waals surface area contributed by atoms with Crippen LogP contribution >= 0.6 is 43.0 Å². The Morgan fingerprint density at radius 1 is 1.41 bits per heavy atom. The van der Waals surface area contributed by atoms with Gasteiger partial charge in [0.1, 0.15) is 0 Å². The van der Waals surface area contributed by atoms with E-state index in [4.69, 9.17) is 4.74 Å². The van der Waals surface area contributed by atoms with Gasteiger partial charge in [0.25, 0.3) is 0 Å². The van der Waals surface area contributed by atoms with Gasteiger partial charge in [-0.2, -0.15) is 0 Å². The van der Waals surface area contributed by atoms with E-state index in [1.54, 1.807) is 0 Å². The van der Waals surface area contributed by atoms with Crippen LogP contribution in [0.1, 0.15) is 60.3 Å². The summed E-state index contributed by atoms with van der Waals surface area (Å²) in [5.41, 5.74) is 0.0887. The number of nitrogens with one attached hydrogen (secondary N) is 2. The second kappa shape index (κ2) is 4.33. The van der Waals surface area contributed by atoms with Gasteiger partial charge in [-0.15, -0.1) is 0 Å². The molecule has 0 spiro atoms. The molecule has 0 aromatic heterocycles. The fraction of sp³-hybridized carbons (Fsp3) is 0.938. The zero-order chi connectivity index (χ0) is 16.2. The van der Waals surface area contributed by atoms with Gasteiger partial charge in [-0.05, 0) is 0 Å². The van der Waals surface area contributed by atoms with Gasteiger partial charge < -0.3 is 0 Å². The quantitative estimate of drug-likeness (QED) is 0.144. The minimum absolute atomic E-state index is 0.0168. The third-order valence-corrected chi connectivity index (χ3v) is 14.7. The van der Waals surface area contributed by atoms with E-state index in [1.807, 2.05) is 6.92 Å². The second-order valence-electron chi connectivity index (χ2n) is 8.36. The van der Waals surface area contributed by atoms with Gasteiger partial charge in [0.05, 0.1) is 0 Å². The van der Waals surface area contributed by atoms with Crippen molar-refractivity contribution in [1.82, 2.24) is 7.06 Å². The Kier molecular flexibility index (Phi) is 3.21. The first-order chi connectivity index (χ1) is 10.1. The SMILES string of the molecule is CCC1(OC(=O)C(C)(I)C23NI2N3)CC2CCC1(C)C2(C)C. The molecule has 0 aromatic rings. The van der Waals surface area contributed by atoms with Crippen LogP contribution in [0.25, 0.3) is 0 Å². The van der Waals surface area contributed by atoms with Crippen molar-refractivity contribution in [2.24, 2.45) is 16.7 Å². The van der Waals surface area contributed by atoms with Gasteiger partial charge in [0.15, 0.2) is 0 Å². The molecule has 0 radical (unpaired) electrons. The topological polar surface area (TPSA) is 70.2 Å². The van der Waals surface area contributed by atoms with Crippen LogP contribution < -0.4 is 7.06 Å². The summed E-state index contributed by atoms with van der Waals surface area (Å²) in [6, 6.07) is 0. The van der Waals surface area contributed by atoms with Crippen molar-refractivity contribution >= 4 is 48.9 Å². The molecule has 6 heteroatoms. The number of carbonyl (C=O) groups is 1. The maximum atomic E-state index is 13.0. The average Bonchev–Trinajstić information content (AvgIpc) is 3.27. The zero-order valence-electron chi connectivity index (χ0n) is 14.0. The number of fused-ring (bicyclic) bond motifs is 3. The van der Waals surface area contributed by atoms with Crippen molar-refractivity contribution in [3.63, 3.8) is 0 Å².